The third-order valence-corrected chi connectivity index (χ3v) is 3.51. The Kier molecular flexibility index (Phi) is 6.59. The van der Waals surface area contributed by atoms with E-state index in [4.69, 9.17) is 4.74 Å². The molecule has 2 amide bonds. The summed E-state index contributed by atoms with van der Waals surface area (Å²) < 4.78 is 5.05. The van der Waals surface area contributed by atoms with Crippen LogP contribution < -0.4 is 15.5 Å². The highest BCUT2D eigenvalue weighted by Crippen LogP contribution is 2.18. The number of amides is 2. The Morgan fingerprint density at radius 3 is 2.70 bits per heavy atom. The molecule has 27 heavy (non-hydrogen) atoms. The van der Waals surface area contributed by atoms with Crippen molar-refractivity contribution in [2.75, 3.05) is 12.4 Å². The summed E-state index contributed by atoms with van der Waals surface area (Å²) in [6.45, 7) is 1.63. The second-order valence-electron chi connectivity index (χ2n) is 5.55. The number of nitrogens with zero attached hydrogens (tertiary/aromatic N) is 2. The molecule has 0 heterocycles. The molecule has 9 nitrogen and oxygen atoms in total. The van der Waals surface area contributed by atoms with E-state index in [1.54, 1.807) is 43.3 Å². The molecule has 0 aromatic heterocycles. The van der Waals surface area contributed by atoms with Crippen molar-refractivity contribution in [3.63, 3.8) is 0 Å². The van der Waals surface area contributed by atoms with Gasteiger partial charge in [0.2, 0.25) is 11.8 Å². The molecule has 0 spiro atoms. The predicted octanol–water partition coefficient (Wildman–Crippen LogP) is 2.39. The normalized spacial score (nSPS) is 10.4. The highest BCUT2D eigenvalue weighted by molar-refractivity contribution is 6.03. The lowest BCUT2D eigenvalue weighted by atomic mass is 10.1. The van der Waals surface area contributed by atoms with Crippen LogP contribution in [-0.2, 0) is 9.59 Å². The first kappa shape index (κ1) is 19.6. The number of rotatable bonds is 7. The molecule has 0 aliphatic heterocycles. The van der Waals surface area contributed by atoms with Crippen LogP contribution in [0.2, 0.25) is 0 Å². The second kappa shape index (κ2) is 9.09. The van der Waals surface area contributed by atoms with Crippen molar-refractivity contribution in [2.45, 2.75) is 13.3 Å². The molecule has 0 aliphatic rings. The fourth-order valence-electron chi connectivity index (χ4n) is 2.17. The quantitative estimate of drug-likeness (QED) is 0.335. The van der Waals surface area contributed by atoms with E-state index in [2.05, 4.69) is 15.8 Å². The summed E-state index contributed by atoms with van der Waals surface area (Å²) in [7, 11) is 1.51. The maximum absolute atomic E-state index is 11.9. The smallest absolute Gasteiger partial charge is 0.272 e. The molecule has 0 saturated heterocycles. The maximum atomic E-state index is 11.9. The number of nitro groups is 1. The van der Waals surface area contributed by atoms with E-state index in [1.807, 2.05) is 0 Å². The number of ether oxygens (including phenoxy) is 1. The van der Waals surface area contributed by atoms with Gasteiger partial charge in [0.1, 0.15) is 12.2 Å². The topological polar surface area (TPSA) is 123 Å². The van der Waals surface area contributed by atoms with Crippen LogP contribution in [0.1, 0.15) is 17.5 Å². The van der Waals surface area contributed by atoms with Crippen molar-refractivity contribution in [1.29, 1.82) is 0 Å². The Morgan fingerprint density at radius 2 is 2.00 bits per heavy atom. The summed E-state index contributed by atoms with van der Waals surface area (Å²) in [5, 5.41) is 17.2. The van der Waals surface area contributed by atoms with Gasteiger partial charge in [-0.05, 0) is 19.1 Å². The summed E-state index contributed by atoms with van der Waals surface area (Å²) in [5.41, 5.74) is 3.65. The lowest BCUT2D eigenvalue weighted by Gasteiger charge is -2.06. The van der Waals surface area contributed by atoms with Crippen molar-refractivity contribution >= 4 is 29.4 Å². The minimum atomic E-state index is -0.617. The fourth-order valence-corrected chi connectivity index (χ4v) is 2.17. The van der Waals surface area contributed by atoms with Gasteiger partial charge in [0.25, 0.3) is 5.69 Å². The number of nitro benzene ring substituents is 1. The SMILES string of the molecule is COc1cccc(NC(=O)CC(=O)NN=Cc2ccc(C)c([N+](=O)[O-])c2)c1. The van der Waals surface area contributed by atoms with Crippen LogP contribution in [0, 0.1) is 17.0 Å². The minimum absolute atomic E-state index is 0.0389. The maximum Gasteiger partial charge on any atom is 0.272 e. The summed E-state index contributed by atoms with van der Waals surface area (Å²) in [5.74, 6) is -0.552. The number of carbonyl (C=O) groups is 2. The minimum Gasteiger partial charge on any atom is -0.497 e. The number of aryl methyl sites for hydroxylation is 1. The number of hydrogen-bond donors (Lipinski definition) is 2. The van der Waals surface area contributed by atoms with Gasteiger partial charge in [-0.3, -0.25) is 19.7 Å². The molecular weight excluding hydrogens is 352 g/mol. The number of benzene rings is 2. The lowest BCUT2D eigenvalue weighted by Crippen LogP contribution is -2.24. The third kappa shape index (κ3) is 5.92. The molecule has 0 unspecified atom stereocenters. The van der Waals surface area contributed by atoms with E-state index in [9.17, 15) is 19.7 Å². The molecule has 0 atom stereocenters. The number of methoxy groups -OCH3 is 1. The number of anilines is 1. The van der Waals surface area contributed by atoms with Crippen LogP contribution in [0.5, 0.6) is 5.75 Å². The van der Waals surface area contributed by atoms with Gasteiger partial charge in [-0.1, -0.05) is 18.2 Å². The number of nitrogens with one attached hydrogen (secondary N) is 2. The standard InChI is InChI=1S/C18H18N4O5/c1-12-6-7-13(8-16(12)22(25)26)11-19-21-18(24)10-17(23)20-14-4-3-5-15(9-14)27-2/h3-9,11H,10H2,1-2H3,(H,20,23)(H,21,24). The molecule has 2 aromatic rings. The molecule has 9 heteroatoms. The number of hydrazone groups is 1. The monoisotopic (exact) mass is 370 g/mol. The average molecular weight is 370 g/mol. The molecule has 140 valence electrons. The van der Waals surface area contributed by atoms with Crippen molar-refractivity contribution in [1.82, 2.24) is 5.43 Å². The van der Waals surface area contributed by atoms with Gasteiger partial charge >= 0.3 is 0 Å². The Bertz CT molecular complexity index is 895. The summed E-state index contributed by atoms with van der Waals surface area (Å²) in [6.07, 6.45) is 0.840. The zero-order valence-electron chi connectivity index (χ0n) is 14.8. The van der Waals surface area contributed by atoms with E-state index in [1.165, 1.54) is 19.4 Å². The van der Waals surface area contributed by atoms with Crippen LogP contribution in [0.25, 0.3) is 0 Å². The van der Waals surface area contributed by atoms with E-state index in [-0.39, 0.29) is 5.69 Å². The molecule has 0 fully saturated rings. The zero-order valence-corrected chi connectivity index (χ0v) is 14.8. The Hall–Kier alpha value is -3.75. The van der Waals surface area contributed by atoms with Gasteiger partial charge in [-0.25, -0.2) is 5.43 Å². The van der Waals surface area contributed by atoms with E-state index in [0.29, 0.717) is 22.6 Å². The predicted molar refractivity (Wildman–Crippen MR) is 99.8 cm³/mol. The largest absolute Gasteiger partial charge is 0.497 e. The van der Waals surface area contributed by atoms with E-state index in [0.717, 1.165) is 0 Å². The third-order valence-electron chi connectivity index (χ3n) is 3.51. The first-order valence-electron chi connectivity index (χ1n) is 7.90. The Morgan fingerprint density at radius 1 is 1.22 bits per heavy atom. The number of hydrogen-bond acceptors (Lipinski definition) is 6. The molecule has 0 saturated carbocycles. The molecule has 2 aromatic carbocycles. The molecule has 0 aliphatic carbocycles. The molecular formula is C18H18N4O5. The van der Waals surface area contributed by atoms with Gasteiger partial charge in [-0.2, -0.15) is 5.10 Å². The first-order chi connectivity index (χ1) is 12.9. The first-order valence-corrected chi connectivity index (χ1v) is 7.90. The van der Waals surface area contributed by atoms with Gasteiger partial charge in [0, 0.05) is 28.9 Å². The second-order valence-corrected chi connectivity index (χ2v) is 5.55. The summed E-state index contributed by atoms with van der Waals surface area (Å²) in [4.78, 5) is 34.1. The highest BCUT2D eigenvalue weighted by Gasteiger charge is 2.11. The molecule has 0 bridgehead atoms. The van der Waals surface area contributed by atoms with Gasteiger partial charge in [0.05, 0.1) is 18.2 Å². The molecule has 2 rings (SSSR count). The zero-order chi connectivity index (χ0) is 19.8. The van der Waals surface area contributed by atoms with Crippen LogP contribution in [-0.4, -0.2) is 30.1 Å². The Labute approximate surface area is 155 Å². The number of carbonyl (C=O) groups excluding carboxylic acids is 2. The van der Waals surface area contributed by atoms with E-state index < -0.39 is 23.2 Å². The van der Waals surface area contributed by atoms with Gasteiger partial charge in [-0.15, -0.1) is 0 Å². The van der Waals surface area contributed by atoms with Crippen molar-refractivity contribution in [2.24, 2.45) is 5.10 Å². The van der Waals surface area contributed by atoms with Gasteiger partial charge < -0.3 is 10.1 Å². The fraction of sp³-hybridized carbons (Fsp3) is 0.167. The van der Waals surface area contributed by atoms with Gasteiger partial charge in [0.15, 0.2) is 0 Å². The van der Waals surface area contributed by atoms with Crippen LogP contribution in [0.4, 0.5) is 11.4 Å². The van der Waals surface area contributed by atoms with Crippen molar-refractivity contribution < 1.29 is 19.2 Å². The summed E-state index contributed by atoms with van der Waals surface area (Å²) in [6, 6.07) is 11.3. The van der Waals surface area contributed by atoms with Crippen molar-refractivity contribution in [3.8, 4) is 5.75 Å². The molecule has 2 N–H and O–H groups in total. The Balaban J connectivity index is 1.88. The lowest BCUT2D eigenvalue weighted by molar-refractivity contribution is -0.385. The van der Waals surface area contributed by atoms with E-state index >= 15 is 0 Å². The van der Waals surface area contributed by atoms with Crippen LogP contribution in [0.3, 0.4) is 0 Å². The summed E-state index contributed by atoms with van der Waals surface area (Å²) >= 11 is 0. The average Bonchev–Trinajstić information content (AvgIpc) is 2.62. The van der Waals surface area contributed by atoms with Crippen molar-refractivity contribution in [3.05, 3.63) is 63.7 Å². The highest BCUT2D eigenvalue weighted by atomic mass is 16.6. The van der Waals surface area contributed by atoms with Crippen LogP contribution in [0.15, 0.2) is 47.6 Å². The molecule has 0 radical (unpaired) electrons. The van der Waals surface area contributed by atoms with Crippen LogP contribution >= 0.6 is 0 Å².